The number of Topliss-reactive ketones (excluding diaryl/α,β-unsaturated/α-hetero) is 1. The van der Waals surface area contributed by atoms with Gasteiger partial charge in [-0.05, 0) is 41.4 Å². The first-order valence-corrected chi connectivity index (χ1v) is 7.36. The van der Waals surface area contributed by atoms with Crippen molar-refractivity contribution in [3.05, 3.63) is 45.4 Å². The van der Waals surface area contributed by atoms with E-state index >= 15 is 0 Å². The molecule has 0 aliphatic heterocycles. The summed E-state index contributed by atoms with van der Waals surface area (Å²) in [4.78, 5) is 11.5. The van der Waals surface area contributed by atoms with Crippen molar-refractivity contribution in [2.75, 3.05) is 0 Å². The predicted octanol–water partition coefficient (Wildman–Crippen LogP) is 3.67. The van der Waals surface area contributed by atoms with Crippen LogP contribution in [-0.4, -0.2) is 15.6 Å². The second kappa shape index (κ2) is 6.39. The minimum absolute atomic E-state index is 0.164. The first kappa shape index (κ1) is 15.7. The molecule has 0 aliphatic rings. The molecule has 0 saturated carbocycles. The van der Waals surface area contributed by atoms with Crippen molar-refractivity contribution in [3.8, 4) is 5.75 Å². The van der Waals surface area contributed by atoms with Gasteiger partial charge in [0.25, 0.3) is 0 Å². The number of rotatable bonds is 5. The van der Waals surface area contributed by atoms with Gasteiger partial charge in [0.15, 0.2) is 5.78 Å². The Morgan fingerprint density at radius 3 is 2.76 bits per heavy atom. The molecule has 2 aromatic rings. The van der Waals surface area contributed by atoms with Gasteiger partial charge < -0.3 is 4.74 Å². The van der Waals surface area contributed by atoms with Gasteiger partial charge >= 0.3 is 0 Å². The molecule has 4 nitrogen and oxygen atoms in total. The summed E-state index contributed by atoms with van der Waals surface area (Å²) in [5, 5.41) is 4.36. The number of aromatic nitrogens is 2. The lowest BCUT2D eigenvalue weighted by atomic mass is 10.1. The normalized spacial score (nSPS) is 10.7. The monoisotopic (exact) mass is 354 g/mol. The van der Waals surface area contributed by atoms with Gasteiger partial charge in [0, 0.05) is 13.1 Å². The van der Waals surface area contributed by atoms with Gasteiger partial charge in [-0.15, -0.1) is 0 Å². The van der Waals surface area contributed by atoms with Crippen molar-refractivity contribution in [1.29, 1.82) is 0 Å². The standard InChI is InChI=1S/C15H16BrFN2O2/c1-4-12-15(16)13(19(3)18-12)8-21-14-7-10(17)5-6-11(14)9(2)20/h5-7H,4,8H2,1-3H3. The van der Waals surface area contributed by atoms with Crippen LogP contribution in [0, 0.1) is 5.82 Å². The van der Waals surface area contributed by atoms with Gasteiger partial charge in [-0.2, -0.15) is 5.10 Å². The fourth-order valence-corrected chi connectivity index (χ4v) is 2.76. The third-order valence-corrected chi connectivity index (χ3v) is 4.11. The maximum atomic E-state index is 13.3. The summed E-state index contributed by atoms with van der Waals surface area (Å²) in [6.07, 6.45) is 0.799. The van der Waals surface area contributed by atoms with Crippen LogP contribution in [0.4, 0.5) is 4.39 Å². The Labute approximate surface area is 131 Å². The molecule has 0 radical (unpaired) electrons. The van der Waals surface area contributed by atoms with E-state index in [0.29, 0.717) is 5.56 Å². The molecule has 6 heteroatoms. The molecular weight excluding hydrogens is 339 g/mol. The number of halogens is 2. The molecular formula is C15H16BrFN2O2. The van der Waals surface area contributed by atoms with Crippen LogP contribution in [0.25, 0.3) is 0 Å². The van der Waals surface area contributed by atoms with E-state index in [9.17, 15) is 9.18 Å². The molecule has 0 amide bonds. The van der Waals surface area contributed by atoms with E-state index < -0.39 is 5.82 Å². The molecule has 21 heavy (non-hydrogen) atoms. The molecule has 1 aromatic heterocycles. The van der Waals surface area contributed by atoms with Gasteiger partial charge in [-0.1, -0.05) is 6.92 Å². The topological polar surface area (TPSA) is 44.1 Å². The lowest BCUT2D eigenvalue weighted by Gasteiger charge is -2.10. The summed E-state index contributed by atoms with van der Waals surface area (Å²) in [7, 11) is 1.82. The van der Waals surface area contributed by atoms with Crippen LogP contribution in [-0.2, 0) is 20.1 Å². The number of hydrogen-bond acceptors (Lipinski definition) is 3. The highest BCUT2D eigenvalue weighted by atomic mass is 79.9. The highest BCUT2D eigenvalue weighted by molar-refractivity contribution is 9.10. The van der Waals surface area contributed by atoms with Crippen molar-refractivity contribution >= 4 is 21.7 Å². The molecule has 0 unspecified atom stereocenters. The maximum absolute atomic E-state index is 13.3. The van der Waals surface area contributed by atoms with Crippen molar-refractivity contribution < 1.29 is 13.9 Å². The second-order valence-electron chi connectivity index (χ2n) is 4.67. The van der Waals surface area contributed by atoms with Crippen molar-refractivity contribution in [2.45, 2.75) is 26.9 Å². The largest absolute Gasteiger partial charge is 0.486 e. The quantitative estimate of drug-likeness (QED) is 0.769. The predicted molar refractivity (Wildman–Crippen MR) is 81.0 cm³/mol. The van der Waals surface area contributed by atoms with E-state index in [4.69, 9.17) is 4.74 Å². The molecule has 0 saturated heterocycles. The van der Waals surface area contributed by atoms with Crippen LogP contribution in [0.3, 0.4) is 0 Å². The minimum atomic E-state index is -0.437. The molecule has 0 bridgehead atoms. The van der Waals surface area contributed by atoms with Gasteiger partial charge in [-0.25, -0.2) is 4.39 Å². The van der Waals surface area contributed by atoms with Crippen LogP contribution in [0.2, 0.25) is 0 Å². The summed E-state index contributed by atoms with van der Waals surface area (Å²) < 4.78 is 21.6. The molecule has 0 spiro atoms. The van der Waals surface area contributed by atoms with E-state index in [1.165, 1.54) is 25.1 Å². The number of carbonyl (C=O) groups excluding carboxylic acids is 1. The smallest absolute Gasteiger partial charge is 0.163 e. The van der Waals surface area contributed by atoms with Gasteiger partial charge in [0.1, 0.15) is 18.2 Å². The zero-order chi connectivity index (χ0) is 15.6. The average Bonchev–Trinajstić information content (AvgIpc) is 2.71. The Balaban J connectivity index is 2.26. The first-order valence-electron chi connectivity index (χ1n) is 6.57. The summed E-state index contributed by atoms with van der Waals surface area (Å²) in [6.45, 7) is 3.64. The summed E-state index contributed by atoms with van der Waals surface area (Å²) in [5.41, 5.74) is 2.14. The zero-order valence-electron chi connectivity index (χ0n) is 12.1. The van der Waals surface area contributed by atoms with E-state index in [0.717, 1.165) is 22.3 Å². The molecule has 2 rings (SSSR count). The molecule has 1 aromatic carbocycles. The number of ketones is 1. The highest BCUT2D eigenvalue weighted by Gasteiger charge is 2.15. The summed E-state index contributed by atoms with van der Waals surface area (Å²) in [5.74, 6) is -0.356. The van der Waals surface area contributed by atoms with E-state index in [2.05, 4.69) is 21.0 Å². The van der Waals surface area contributed by atoms with Crippen LogP contribution < -0.4 is 4.74 Å². The molecule has 0 atom stereocenters. The Bertz CT molecular complexity index is 683. The van der Waals surface area contributed by atoms with Crippen molar-refractivity contribution in [2.24, 2.45) is 7.05 Å². The Hall–Kier alpha value is -1.69. The van der Waals surface area contributed by atoms with Crippen LogP contribution >= 0.6 is 15.9 Å². The van der Waals surface area contributed by atoms with Gasteiger partial charge in [0.2, 0.25) is 0 Å². The van der Waals surface area contributed by atoms with Crippen LogP contribution in [0.15, 0.2) is 22.7 Å². The van der Waals surface area contributed by atoms with Gasteiger partial charge in [-0.3, -0.25) is 9.48 Å². The zero-order valence-corrected chi connectivity index (χ0v) is 13.7. The molecule has 0 fully saturated rings. The Morgan fingerprint density at radius 2 is 2.19 bits per heavy atom. The van der Waals surface area contributed by atoms with Gasteiger partial charge in [0.05, 0.1) is 21.4 Å². The number of benzene rings is 1. The molecule has 112 valence electrons. The van der Waals surface area contributed by atoms with E-state index in [1.54, 1.807) is 4.68 Å². The third-order valence-electron chi connectivity index (χ3n) is 3.19. The fraction of sp³-hybridized carbons (Fsp3) is 0.333. The molecule has 0 N–H and O–H groups in total. The van der Waals surface area contributed by atoms with Crippen molar-refractivity contribution in [1.82, 2.24) is 9.78 Å². The van der Waals surface area contributed by atoms with Crippen molar-refractivity contribution in [3.63, 3.8) is 0 Å². The Morgan fingerprint density at radius 1 is 1.48 bits per heavy atom. The van der Waals surface area contributed by atoms with Crippen LogP contribution in [0.1, 0.15) is 35.6 Å². The summed E-state index contributed by atoms with van der Waals surface area (Å²) in [6, 6.07) is 3.91. The number of aryl methyl sites for hydroxylation is 2. The summed E-state index contributed by atoms with van der Waals surface area (Å²) >= 11 is 3.49. The lowest BCUT2D eigenvalue weighted by Crippen LogP contribution is -2.06. The minimum Gasteiger partial charge on any atom is -0.486 e. The Kier molecular flexibility index (Phi) is 4.77. The fourth-order valence-electron chi connectivity index (χ4n) is 2.03. The lowest BCUT2D eigenvalue weighted by molar-refractivity contribution is 0.101. The number of hydrogen-bond donors (Lipinski definition) is 0. The maximum Gasteiger partial charge on any atom is 0.163 e. The average molecular weight is 355 g/mol. The van der Waals surface area contributed by atoms with E-state index in [-0.39, 0.29) is 18.1 Å². The van der Waals surface area contributed by atoms with E-state index in [1.807, 2.05) is 14.0 Å². The SMILES string of the molecule is CCc1nn(C)c(COc2cc(F)ccc2C(C)=O)c1Br. The molecule has 1 heterocycles. The number of ether oxygens (including phenoxy) is 1. The second-order valence-corrected chi connectivity index (χ2v) is 5.46. The number of carbonyl (C=O) groups is 1. The van der Waals surface area contributed by atoms with Crippen LogP contribution in [0.5, 0.6) is 5.75 Å². The third kappa shape index (κ3) is 3.32. The highest BCUT2D eigenvalue weighted by Crippen LogP contribution is 2.25. The number of nitrogens with zero attached hydrogens (tertiary/aromatic N) is 2. The first-order chi connectivity index (χ1) is 9.93. The molecule has 0 aliphatic carbocycles.